The molecule has 0 aliphatic carbocycles. The first-order valence-corrected chi connectivity index (χ1v) is 6.78. The molecule has 0 amide bonds. The molecule has 0 atom stereocenters. The van der Waals surface area contributed by atoms with E-state index in [1.165, 1.54) is 15.3 Å². The lowest BCUT2D eigenvalue weighted by Crippen LogP contribution is -1.59. The molecule has 0 aromatic carbocycles. The minimum atomic E-state index is 0.297. The predicted octanol–water partition coefficient (Wildman–Crippen LogP) is 5.56. The van der Waals surface area contributed by atoms with Crippen LogP contribution in [0.2, 0.25) is 0 Å². The number of hydrogen-bond donors (Lipinski definition) is 0. The van der Waals surface area contributed by atoms with Crippen LogP contribution in [0.4, 0.5) is 0 Å². The maximum atomic E-state index is 5.61. The molecule has 0 fully saturated rings. The van der Waals surface area contributed by atoms with E-state index in [0.717, 1.165) is 4.88 Å². The minimum absolute atomic E-state index is 0.297. The van der Waals surface area contributed by atoms with Crippen LogP contribution in [-0.2, 0) is 0 Å². The van der Waals surface area contributed by atoms with Gasteiger partial charge < -0.3 is 0 Å². The van der Waals surface area contributed by atoms with Crippen LogP contribution in [0.15, 0.2) is 28.1 Å². The fourth-order valence-electron chi connectivity index (χ4n) is 1.23. The van der Waals surface area contributed by atoms with Crippen molar-refractivity contribution in [3.05, 3.63) is 38.5 Å². The van der Waals surface area contributed by atoms with E-state index in [0.29, 0.717) is 4.49 Å². The highest BCUT2D eigenvalue weighted by Gasteiger charge is 2.03. The highest BCUT2D eigenvalue weighted by Crippen LogP contribution is 2.34. The summed E-state index contributed by atoms with van der Waals surface area (Å²) in [5.74, 6) is 0. The van der Waals surface area contributed by atoms with Crippen LogP contribution in [0.1, 0.15) is 10.4 Å². The second-order valence-corrected chi connectivity index (χ2v) is 6.16. The van der Waals surface area contributed by atoms with Crippen LogP contribution in [0.3, 0.4) is 0 Å². The van der Waals surface area contributed by atoms with E-state index in [1.807, 2.05) is 6.07 Å². The van der Waals surface area contributed by atoms with Gasteiger partial charge >= 0.3 is 0 Å². The Hall–Kier alpha value is -0.280. The Kier molecular flexibility index (Phi) is 3.52. The molecule has 0 unspecified atom stereocenters. The summed E-state index contributed by atoms with van der Waals surface area (Å²) in [6.45, 7) is 2.10. The molecule has 2 aromatic rings. The molecule has 0 N–H and O–H groups in total. The van der Waals surface area contributed by atoms with E-state index in [2.05, 4.69) is 24.4 Å². The van der Waals surface area contributed by atoms with Crippen molar-refractivity contribution in [1.82, 2.24) is 0 Å². The molecule has 0 aliphatic heterocycles. The molecule has 0 radical (unpaired) electrons. The van der Waals surface area contributed by atoms with Gasteiger partial charge in [0.1, 0.15) is 4.49 Å². The van der Waals surface area contributed by atoms with Crippen molar-refractivity contribution in [2.24, 2.45) is 0 Å². The first-order chi connectivity index (χ1) is 7.15. The van der Waals surface area contributed by atoms with Crippen molar-refractivity contribution < 1.29 is 0 Å². The zero-order chi connectivity index (χ0) is 10.8. The summed E-state index contributed by atoms with van der Waals surface area (Å²) in [7, 11) is 0. The highest BCUT2D eigenvalue weighted by molar-refractivity contribution is 7.21. The van der Waals surface area contributed by atoms with Crippen molar-refractivity contribution in [3.63, 3.8) is 0 Å². The second-order valence-electron chi connectivity index (χ2n) is 3.12. The van der Waals surface area contributed by atoms with E-state index in [1.54, 1.807) is 28.7 Å². The number of hydrogen-bond acceptors (Lipinski definition) is 2. The van der Waals surface area contributed by atoms with Crippen LogP contribution in [0, 0.1) is 6.92 Å². The molecule has 0 nitrogen and oxygen atoms in total. The molecular formula is C11H8Cl2S2. The fraction of sp³-hybridized carbons (Fsp3) is 0.0909. The summed E-state index contributed by atoms with van der Waals surface area (Å²) in [6.07, 6.45) is 1.76. The Morgan fingerprint density at radius 2 is 2.07 bits per heavy atom. The van der Waals surface area contributed by atoms with Crippen LogP contribution in [0.25, 0.3) is 15.8 Å². The number of aryl methyl sites for hydroxylation is 1. The van der Waals surface area contributed by atoms with Gasteiger partial charge in [0.2, 0.25) is 0 Å². The molecule has 0 saturated heterocycles. The summed E-state index contributed by atoms with van der Waals surface area (Å²) in [5.41, 5.74) is 1.30. The average Bonchev–Trinajstić information content (AvgIpc) is 2.72. The number of halogens is 2. The third kappa shape index (κ3) is 2.85. The topological polar surface area (TPSA) is 0 Å². The summed E-state index contributed by atoms with van der Waals surface area (Å²) < 4.78 is 0.297. The molecule has 2 rings (SSSR count). The zero-order valence-corrected chi connectivity index (χ0v) is 11.1. The largest absolute Gasteiger partial charge is 0.143 e. The minimum Gasteiger partial charge on any atom is -0.143 e. The lowest BCUT2D eigenvalue weighted by atomic mass is 10.3. The molecule has 78 valence electrons. The molecule has 0 spiro atoms. The standard InChI is InChI=1S/C11H8Cl2S2/c1-7-4-10(14-6-7)9-3-2-8(15-9)5-11(12)13/h2-6H,1H3. The normalized spacial score (nSPS) is 10.3. The fourth-order valence-corrected chi connectivity index (χ4v) is 3.55. The van der Waals surface area contributed by atoms with Gasteiger partial charge in [-0.1, -0.05) is 23.2 Å². The molecule has 0 saturated carbocycles. The van der Waals surface area contributed by atoms with Crippen molar-refractivity contribution in [2.45, 2.75) is 6.92 Å². The van der Waals surface area contributed by atoms with Gasteiger partial charge in [0.05, 0.1) is 0 Å². The lowest BCUT2D eigenvalue weighted by Gasteiger charge is -1.88. The molecule has 0 bridgehead atoms. The third-order valence-corrected chi connectivity index (χ3v) is 4.35. The molecule has 15 heavy (non-hydrogen) atoms. The summed E-state index contributed by atoms with van der Waals surface area (Å²) in [4.78, 5) is 3.63. The average molecular weight is 275 g/mol. The Bertz CT molecular complexity index is 490. The van der Waals surface area contributed by atoms with Gasteiger partial charge in [-0.05, 0) is 42.1 Å². The van der Waals surface area contributed by atoms with Gasteiger partial charge in [0.15, 0.2) is 0 Å². The Morgan fingerprint density at radius 1 is 1.27 bits per heavy atom. The molecule has 2 heterocycles. The Balaban J connectivity index is 2.31. The van der Waals surface area contributed by atoms with Gasteiger partial charge in [-0.2, -0.15) is 0 Å². The second kappa shape index (κ2) is 4.71. The van der Waals surface area contributed by atoms with E-state index in [9.17, 15) is 0 Å². The van der Waals surface area contributed by atoms with Gasteiger partial charge in [-0.25, -0.2) is 0 Å². The summed E-state index contributed by atoms with van der Waals surface area (Å²) >= 11 is 14.7. The van der Waals surface area contributed by atoms with Crippen molar-refractivity contribution in [1.29, 1.82) is 0 Å². The monoisotopic (exact) mass is 274 g/mol. The zero-order valence-electron chi connectivity index (χ0n) is 7.96. The van der Waals surface area contributed by atoms with Crippen LogP contribution in [0.5, 0.6) is 0 Å². The SMILES string of the molecule is Cc1csc(-c2ccc(C=C(Cl)Cl)s2)c1. The Labute approximate surface area is 107 Å². The van der Waals surface area contributed by atoms with Crippen molar-refractivity contribution in [3.8, 4) is 9.75 Å². The molecule has 2 aromatic heterocycles. The van der Waals surface area contributed by atoms with E-state index < -0.39 is 0 Å². The lowest BCUT2D eigenvalue weighted by molar-refractivity contribution is 1.56. The van der Waals surface area contributed by atoms with Gasteiger partial charge in [-0.3, -0.25) is 0 Å². The highest BCUT2D eigenvalue weighted by atomic mass is 35.5. The van der Waals surface area contributed by atoms with Crippen LogP contribution < -0.4 is 0 Å². The van der Waals surface area contributed by atoms with E-state index in [-0.39, 0.29) is 0 Å². The number of rotatable bonds is 2. The summed E-state index contributed by atoms with van der Waals surface area (Å²) in [6, 6.07) is 6.31. The first-order valence-electron chi connectivity index (χ1n) is 4.33. The maximum absolute atomic E-state index is 5.61. The summed E-state index contributed by atoms with van der Waals surface area (Å²) in [5, 5.41) is 2.15. The Morgan fingerprint density at radius 3 is 2.67 bits per heavy atom. The third-order valence-electron chi connectivity index (χ3n) is 1.85. The number of thiophene rings is 2. The van der Waals surface area contributed by atoms with E-state index >= 15 is 0 Å². The van der Waals surface area contributed by atoms with Gasteiger partial charge in [-0.15, -0.1) is 22.7 Å². The maximum Gasteiger partial charge on any atom is 0.108 e. The smallest absolute Gasteiger partial charge is 0.108 e. The van der Waals surface area contributed by atoms with Crippen molar-refractivity contribution in [2.75, 3.05) is 0 Å². The van der Waals surface area contributed by atoms with Crippen molar-refractivity contribution >= 4 is 52.0 Å². The predicted molar refractivity (Wildman–Crippen MR) is 72.1 cm³/mol. The molecule has 0 aliphatic rings. The van der Waals surface area contributed by atoms with Gasteiger partial charge in [0, 0.05) is 14.6 Å². The van der Waals surface area contributed by atoms with E-state index in [4.69, 9.17) is 23.2 Å². The van der Waals surface area contributed by atoms with Crippen LogP contribution in [-0.4, -0.2) is 0 Å². The van der Waals surface area contributed by atoms with Gasteiger partial charge in [0.25, 0.3) is 0 Å². The first kappa shape index (κ1) is 11.2. The molecular weight excluding hydrogens is 267 g/mol. The quantitative estimate of drug-likeness (QED) is 0.673. The molecule has 4 heteroatoms. The van der Waals surface area contributed by atoms with Crippen LogP contribution >= 0.6 is 45.9 Å².